The maximum Gasteiger partial charge on any atom is 0.416 e. The van der Waals surface area contributed by atoms with Crippen molar-refractivity contribution in [2.24, 2.45) is 17.2 Å². The van der Waals surface area contributed by atoms with Crippen molar-refractivity contribution in [3.05, 3.63) is 60.2 Å². The number of benzene rings is 2. The molecule has 2 atom stereocenters. The maximum absolute atomic E-state index is 13.1. The van der Waals surface area contributed by atoms with Gasteiger partial charge in [-0.1, -0.05) is 24.3 Å². The van der Waals surface area contributed by atoms with Crippen LogP contribution in [0, 0.1) is 0 Å². The highest BCUT2D eigenvalue weighted by Gasteiger charge is 2.31. The highest BCUT2D eigenvalue weighted by atomic mass is 32.2. The summed E-state index contributed by atoms with van der Waals surface area (Å²) in [4.78, 5) is 40.5. The Hall–Kier alpha value is -3.13. The summed E-state index contributed by atoms with van der Waals surface area (Å²) in [5.41, 5.74) is 16.0. The Morgan fingerprint density at radius 3 is 2.19 bits per heavy atom. The number of thioether (sulfide) groups is 1. The van der Waals surface area contributed by atoms with Gasteiger partial charge in [0.1, 0.15) is 6.04 Å². The minimum atomic E-state index is -4.58. The number of anilines is 1. The number of carbonyl (C=O) groups excluding carboxylic acids is 3. The molecule has 0 bridgehead atoms. The number of nitrogens with one attached hydrogen (secondary N) is 2. The van der Waals surface area contributed by atoms with Gasteiger partial charge in [-0.05, 0) is 30.3 Å². The topological polar surface area (TPSA) is 157 Å². The second-order valence-corrected chi connectivity index (χ2v) is 9.12. The standard InChI is InChI=1S/C24H31F3N6O3S/c25-24(26,27)16-5-4-6-17(13-16)31-23(36)20(15-37-18-7-2-1-3-8-18)32-22(35)19(30)14-21(34)33(11-9-28)12-10-29/h1-8,13,19-20H,9-12,14-15,28-30H2,(H,31,36)(H,32,35)/t19-,20-/m0/s1. The van der Waals surface area contributed by atoms with Crippen LogP contribution < -0.4 is 27.8 Å². The lowest BCUT2D eigenvalue weighted by atomic mass is 10.1. The van der Waals surface area contributed by atoms with E-state index in [-0.39, 0.29) is 44.0 Å². The molecule has 0 saturated carbocycles. The second kappa shape index (κ2) is 14.6. The molecule has 2 rings (SSSR count). The smallest absolute Gasteiger partial charge is 0.342 e. The largest absolute Gasteiger partial charge is 0.416 e. The summed E-state index contributed by atoms with van der Waals surface area (Å²) in [5, 5.41) is 4.94. The molecule has 0 aliphatic carbocycles. The van der Waals surface area contributed by atoms with Crippen molar-refractivity contribution >= 4 is 35.2 Å². The molecule has 0 aliphatic heterocycles. The first-order valence-electron chi connectivity index (χ1n) is 11.4. The van der Waals surface area contributed by atoms with E-state index in [1.54, 1.807) is 12.1 Å². The second-order valence-electron chi connectivity index (χ2n) is 8.02. The highest BCUT2D eigenvalue weighted by molar-refractivity contribution is 7.99. The molecule has 2 aromatic rings. The van der Waals surface area contributed by atoms with E-state index in [1.165, 1.54) is 28.8 Å². The van der Waals surface area contributed by atoms with Gasteiger partial charge < -0.3 is 32.7 Å². The number of rotatable bonds is 13. The number of nitrogens with two attached hydrogens (primary N) is 3. The summed E-state index contributed by atoms with van der Waals surface area (Å²) < 4.78 is 39.2. The molecule has 9 nitrogen and oxygen atoms in total. The monoisotopic (exact) mass is 540 g/mol. The van der Waals surface area contributed by atoms with Gasteiger partial charge in [0.15, 0.2) is 0 Å². The van der Waals surface area contributed by atoms with E-state index in [0.29, 0.717) is 0 Å². The Morgan fingerprint density at radius 1 is 0.946 bits per heavy atom. The van der Waals surface area contributed by atoms with Crippen LogP contribution >= 0.6 is 11.8 Å². The zero-order valence-electron chi connectivity index (χ0n) is 20.0. The summed E-state index contributed by atoms with van der Waals surface area (Å²) in [5.74, 6) is -1.84. The van der Waals surface area contributed by atoms with Crippen molar-refractivity contribution in [2.75, 3.05) is 37.2 Å². The van der Waals surface area contributed by atoms with Crippen LogP contribution in [-0.2, 0) is 20.6 Å². The van der Waals surface area contributed by atoms with Gasteiger partial charge in [-0.2, -0.15) is 13.2 Å². The van der Waals surface area contributed by atoms with Crippen molar-refractivity contribution in [3.8, 4) is 0 Å². The van der Waals surface area contributed by atoms with Crippen LogP contribution in [0.1, 0.15) is 12.0 Å². The molecule has 2 aromatic carbocycles. The lowest BCUT2D eigenvalue weighted by Gasteiger charge is -2.24. The van der Waals surface area contributed by atoms with Crippen LogP contribution in [0.4, 0.5) is 18.9 Å². The lowest BCUT2D eigenvalue weighted by Crippen LogP contribution is -2.52. The van der Waals surface area contributed by atoms with E-state index in [9.17, 15) is 27.6 Å². The van der Waals surface area contributed by atoms with Crippen LogP contribution in [0.15, 0.2) is 59.5 Å². The van der Waals surface area contributed by atoms with E-state index in [2.05, 4.69) is 10.6 Å². The fraction of sp³-hybridized carbons (Fsp3) is 0.375. The van der Waals surface area contributed by atoms with Crippen molar-refractivity contribution in [1.29, 1.82) is 0 Å². The van der Waals surface area contributed by atoms with E-state index >= 15 is 0 Å². The van der Waals surface area contributed by atoms with Crippen molar-refractivity contribution in [3.63, 3.8) is 0 Å². The number of nitrogens with zero attached hydrogens (tertiary/aromatic N) is 1. The van der Waals surface area contributed by atoms with Gasteiger partial charge in [0.05, 0.1) is 18.0 Å². The molecule has 202 valence electrons. The van der Waals surface area contributed by atoms with E-state index < -0.39 is 41.5 Å². The predicted octanol–water partition coefficient (Wildman–Crippen LogP) is 1.38. The molecule has 0 radical (unpaired) electrons. The number of carbonyl (C=O) groups is 3. The van der Waals surface area contributed by atoms with E-state index in [0.717, 1.165) is 17.0 Å². The first kappa shape index (κ1) is 30.1. The zero-order valence-corrected chi connectivity index (χ0v) is 20.9. The summed E-state index contributed by atoms with van der Waals surface area (Å²) in [6.45, 7) is 0.920. The average Bonchev–Trinajstić information content (AvgIpc) is 2.86. The molecule has 0 saturated heterocycles. The first-order valence-corrected chi connectivity index (χ1v) is 12.4. The zero-order chi connectivity index (χ0) is 27.4. The fourth-order valence-corrected chi connectivity index (χ4v) is 4.19. The predicted molar refractivity (Wildman–Crippen MR) is 136 cm³/mol. The SMILES string of the molecule is NCCN(CCN)C(=O)C[C@H](N)C(=O)N[C@@H](CSc1ccccc1)C(=O)Nc1cccc(C(F)(F)F)c1. The molecule has 0 heterocycles. The van der Waals surface area contributed by atoms with E-state index in [1.807, 2.05) is 18.2 Å². The molecule has 3 amide bonds. The van der Waals surface area contributed by atoms with Gasteiger partial charge in [-0.15, -0.1) is 11.8 Å². The molecular formula is C24H31F3N6O3S. The minimum Gasteiger partial charge on any atom is -0.342 e. The Labute approximate surface area is 217 Å². The van der Waals surface area contributed by atoms with Crippen molar-refractivity contribution in [2.45, 2.75) is 29.6 Å². The third-order valence-electron chi connectivity index (χ3n) is 5.13. The lowest BCUT2D eigenvalue weighted by molar-refractivity contribution is -0.137. The number of hydrogen-bond acceptors (Lipinski definition) is 7. The molecule has 0 aliphatic rings. The number of amides is 3. The molecule has 0 unspecified atom stereocenters. The third-order valence-corrected chi connectivity index (χ3v) is 6.24. The summed E-state index contributed by atoms with van der Waals surface area (Å²) in [7, 11) is 0. The Morgan fingerprint density at radius 2 is 1.59 bits per heavy atom. The average molecular weight is 541 g/mol. The maximum atomic E-state index is 13.1. The van der Waals surface area contributed by atoms with Gasteiger partial charge in [-0.3, -0.25) is 14.4 Å². The van der Waals surface area contributed by atoms with Gasteiger partial charge in [0.25, 0.3) is 0 Å². The van der Waals surface area contributed by atoms with Gasteiger partial charge in [-0.25, -0.2) is 0 Å². The Kier molecular flexibility index (Phi) is 11.9. The van der Waals surface area contributed by atoms with Crippen LogP contribution in [0.25, 0.3) is 0 Å². The molecule has 8 N–H and O–H groups in total. The summed E-state index contributed by atoms with van der Waals surface area (Å²) in [6.07, 6.45) is -4.92. The van der Waals surface area contributed by atoms with Gasteiger partial charge in [0.2, 0.25) is 17.7 Å². The Balaban J connectivity index is 2.13. The summed E-state index contributed by atoms with van der Waals surface area (Å²) in [6, 6.07) is 10.8. The van der Waals surface area contributed by atoms with Gasteiger partial charge in [0, 0.05) is 42.5 Å². The molecule has 0 spiro atoms. The highest BCUT2D eigenvalue weighted by Crippen LogP contribution is 2.30. The van der Waals surface area contributed by atoms with E-state index in [4.69, 9.17) is 17.2 Å². The Bertz CT molecular complexity index is 1040. The molecule has 37 heavy (non-hydrogen) atoms. The van der Waals surface area contributed by atoms with Crippen LogP contribution in [-0.4, -0.2) is 66.6 Å². The van der Waals surface area contributed by atoms with Crippen molar-refractivity contribution < 1.29 is 27.6 Å². The molecule has 0 fully saturated rings. The molecule has 0 aromatic heterocycles. The molecular weight excluding hydrogens is 509 g/mol. The number of hydrogen-bond donors (Lipinski definition) is 5. The van der Waals surface area contributed by atoms with Gasteiger partial charge >= 0.3 is 6.18 Å². The minimum absolute atomic E-state index is 0.0632. The normalized spacial score (nSPS) is 12.9. The summed E-state index contributed by atoms with van der Waals surface area (Å²) >= 11 is 1.26. The first-order chi connectivity index (χ1) is 17.5. The van der Waals surface area contributed by atoms with Crippen molar-refractivity contribution in [1.82, 2.24) is 10.2 Å². The quantitative estimate of drug-likeness (QED) is 0.240. The number of halogens is 3. The van der Waals surface area contributed by atoms with Crippen LogP contribution in [0.5, 0.6) is 0 Å². The third kappa shape index (κ3) is 10.0. The number of alkyl halides is 3. The van der Waals surface area contributed by atoms with Crippen LogP contribution in [0.3, 0.4) is 0 Å². The molecule has 13 heteroatoms. The fourth-order valence-electron chi connectivity index (χ4n) is 3.24. The van der Waals surface area contributed by atoms with Crippen LogP contribution in [0.2, 0.25) is 0 Å².